The van der Waals surface area contributed by atoms with E-state index in [4.69, 9.17) is 4.74 Å². The van der Waals surface area contributed by atoms with Crippen LogP contribution in [0.5, 0.6) is 5.75 Å². The van der Waals surface area contributed by atoms with E-state index in [-0.39, 0.29) is 22.5 Å². The van der Waals surface area contributed by atoms with E-state index < -0.39 is 11.9 Å². The summed E-state index contributed by atoms with van der Waals surface area (Å²) in [6.07, 6.45) is -3.90. The van der Waals surface area contributed by atoms with Gasteiger partial charge in [0.15, 0.2) is 5.16 Å². The highest BCUT2D eigenvalue weighted by Gasteiger charge is 2.34. The van der Waals surface area contributed by atoms with Crippen molar-refractivity contribution in [2.75, 3.05) is 18.2 Å². The summed E-state index contributed by atoms with van der Waals surface area (Å²) in [5.74, 6) is 0.104. The molecule has 9 heteroatoms. The molecule has 0 saturated heterocycles. The van der Waals surface area contributed by atoms with E-state index in [1.54, 1.807) is 36.4 Å². The fourth-order valence-electron chi connectivity index (χ4n) is 2.81. The largest absolute Gasteiger partial charge is 0.497 e. The van der Waals surface area contributed by atoms with E-state index in [1.165, 1.54) is 7.11 Å². The SMILES string of the molecule is CCc1ccccc1NC(=O)CSc1nc(-c2ccc(OC)cc2)cc(C(F)(F)F)n1. The van der Waals surface area contributed by atoms with Gasteiger partial charge in [0.2, 0.25) is 5.91 Å². The van der Waals surface area contributed by atoms with Crippen LogP contribution in [0.3, 0.4) is 0 Å². The molecule has 0 radical (unpaired) electrons. The number of carbonyl (C=O) groups excluding carboxylic acids is 1. The first-order valence-electron chi connectivity index (χ1n) is 9.41. The highest BCUT2D eigenvalue weighted by Crippen LogP contribution is 2.32. The third-order valence-corrected chi connectivity index (χ3v) is 5.23. The van der Waals surface area contributed by atoms with Gasteiger partial charge in [0.05, 0.1) is 18.6 Å². The van der Waals surface area contributed by atoms with E-state index in [0.29, 0.717) is 17.0 Å². The number of nitrogens with zero attached hydrogens (tertiary/aromatic N) is 2. The zero-order valence-corrected chi connectivity index (χ0v) is 17.7. The summed E-state index contributed by atoms with van der Waals surface area (Å²) in [6.45, 7) is 1.97. The maximum atomic E-state index is 13.4. The Morgan fingerprint density at radius 2 is 1.81 bits per heavy atom. The number of carbonyl (C=O) groups is 1. The molecule has 0 aliphatic heterocycles. The zero-order chi connectivity index (χ0) is 22.4. The van der Waals surface area contributed by atoms with Gasteiger partial charge < -0.3 is 10.1 Å². The zero-order valence-electron chi connectivity index (χ0n) is 16.9. The first-order valence-corrected chi connectivity index (χ1v) is 10.4. The summed E-state index contributed by atoms with van der Waals surface area (Å²) in [5, 5.41) is 2.66. The lowest BCUT2D eigenvalue weighted by atomic mass is 10.1. The van der Waals surface area contributed by atoms with E-state index in [0.717, 1.165) is 29.8 Å². The third-order valence-electron chi connectivity index (χ3n) is 4.39. The number of anilines is 1. The number of aryl methyl sites for hydroxylation is 1. The van der Waals surface area contributed by atoms with Crippen molar-refractivity contribution >= 4 is 23.4 Å². The Bertz CT molecular complexity index is 1060. The smallest absolute Gasteiger partial charge is 0.433 e. The van der Waals surface area contributed by atoms with Crippen LogP contribution in [0.15, 0.2) is 59.8 Å². The Labute approximate surface area is 182 Å². The topological polar surface area (TPSA) is 64.1 Å². The molecule has 3 aromatic rings. The van der Waals surface area contributed by atoms with E-state index in [1.807, 2.05) is 19.1 Å². The second-order valence-corrected chi connectivity index (χ2v) is 7.44. The van der Waals surface area contributed by atoms with Crippen molar-refractivity contribution in [2.24, 2.45) is 0 Å². The summed E-state index contributed by atoms with van der Waals surface area (Å²) in [7, 11) is 1.50. The molecule has 0 spiro atoms. The number of halogens is 3. The maximum Gasteiger partial charge on any atom is 0.433 e. The summed E-state index contributed by atoms with van der Waals surface area (Å²) in [6, 6.07) is 14.8. The van der Waals surface area contributed by atoms with Crippen molar-refractivity contribution in [2.45, 2.75) is 24.7 Å². The maximum absolute atomic E-state index is 13.4. The minimum Gasteiger partial charge on any atom is -0.497 e. The molecule has 0 bridgehead atoms. The molecule has 0 aliphatic carbocycles. The number of ether oxygens (including phenoxy) is 1. The molecule has 1 N–H and O–H groups in total. The van der Waals surface area contributed by atoms with Crippen LogP contribution in [0.25, 0.3) is 11.3 Å². The molecule has 0 aliphatic rings. The summed E-state index contributed by atoms with van der Waals surface area (Å²) in [5.41, 5.74) is 1.19. The van der Waals surface area contributed by atoms with E-state index in [2.05, 4.69) is 15.3 Å². The average Bonchev–Trinajstić information content (AvgIpc) is 2.77. The summed E-state index contributed by atoms with van der Waals surface area (Å²) >= 11 is 0.849. The molecular weight excluding hydrogens is 427 g/mol. The predicted octanol–water partition coefficient (Wildman–Crippen LogP) is 5.46. The second-order valence-electron chi connectivity index (χ2n) is 6.49. The molecule has 1 aromatic heterocycles. The molecule has 5 nitrogen and oxygen atoms in total. The van der Waals surface area contributed by atoms with Gasteiger partial charge in [0.25, 0.3) is 0 Å². The highest BCUT2D eigenvalue weighted by atomic mass is 32.2. The molecule has 3 rings (SSSR count). The Morgan fingerprint density at radius 1 is 1.10 bits per heavy atom. The fraction of sp³-hybridized carbons (Fsp3) is 0.227. The van der Waals surface area contributed by atoms with Crippen molar-refractivity contribution in [1.82, 2.24) is 9.97 Å². The Morgan fingerprint density at radius 3 is 2.45 bits per heavy atom. The third kappa shape index (κ3) is 5.97. The first kappa shape index (κ1) is 22.6. The molecule has 1 amide bonds. The molecule has 0 unspecified atom stereocenters. The lowest BCUT2D eigenvalue weighted by Crippen LogP contribution is -2.16. The van der Waals surface area contributed by atoms with Crippen LogP contribution in [0.2, 0.25) is 0 Å². The van der Waals surface area contributed by atoms with Gasteiger partial charge in [0.1, 0.15) is 11.4 Å². The number of hydrogen-bond acceptors (Lipinski definition) is 5. The molecule has 0 saturated carbocycles. The number of thioether (sulfide) groups is 1. The standard InChI is InChI=1S/C22H20F3N3O2S/c1-3-14-6-4-5-7-17(14)26-20(29)13-31-21-27-18(12-19(28-21)22(23,24)25)15-8-10-16(30-2)11-9-15/h4-12H,3,13H2,1-2H3,(H,26,29). The summed E-state index contributed by atoms with van der Waals surface area (Å²) < 4.78 is 45.1. The monoisotopic (exact) mass is 447 g/mol. The number of methoxy groups -OCH3 is 1. The second kappa shape index (κ2) is 9.82. The van der Waals surface area contributed by atoms with Crippen molar-refractivity contribution in [3.63, 3.8) is 0 Å². The van der Waals surface area contributed by atoms with Crippen LogP contribution < -0.4 is 10.1 Å². The summed E-state index contributed by atoms with van der Waals surface area (Å²) in [4.78, 5) is 20.2. The minimum absolute atomic E-state index is 0.115. The molecule has 2 aromatic carbocycles. The Balaban J connectivity index is 1.80. The molecule has 162 valence electrons. The lowest BCUT2D eigenvalue weighted by Gasteiger charge is -2.12. The lowest BCUT2D eigenvalue weighted by molar-refractivity contribution is -0.141. The fourth-order valence-corrected chi connectivity index (χ4v) is 3.47. The number of rotatable bonds is 7. The van der Waals surface area contributed by atoms with Crippen molar-refractivity contribution in [3.8, 4) is 17.0 Å². The normalized spacial score (nSPS) is 11.3. The molecule has 0 fully saturated rings. The Hall–Kier alpha value is -3.07. The molecule has 1 heterocycles. The number of alkyl halides is 3. The van der Waals surface area contributed by atoms with E-state index >= 15 is 0 Å². The van der Waals surface area contributed by atoms with Gasteiger partial charge in [-0.1, -0.05) is 36.9 Å². The molecule has 0 atom stereocenters. The number of amides is 1. The highest BCUT2D eigenvalue weighted by molar-refractivity contribution is 7.99. The number of benzene rings is 2. The van der Waals surface area contributed by atoms with Crippen LogP contribution >= 0.6 is 11.8 Å². The number of para-hydroxylation sites is 1. The van der Waals surface area contributed by atoms with E-state index in [9.17, 15) is 18.0 Å². The number of nitrogens with one attached hydrogen (secondary N) is 1. The van der Waals surface area contributed by atoms with Gasteiger partial charge in [-0.3, -0.25) is 4.79 Å². The van der Waals surface area contributed by atoms with Gasteiger partial charge in [-0.05, 0) is 48.4 Å². The van der Waals surface area contributed by atoms with Crippen molar-refractivity contribution < 1.29 is 22.7 Å². The van der Waals surface area contributed by atoms with Crippen LogP contribution in [0, 0.1) is 0 Å². The Kier molecular flexibility index (Phi) is 7.17. The van der Waals surface area contributed by atoms with Crippen LogP contribution in [0.4, 0.5) is 18.9 Å². The number of hydrogen-bond donors (Lipinski definition) is 1. The minimum atomic E-state index is -4.64. The number of aromatic nitrogens is 2. The van der Waals surface area contributed by atoms with Crippen molar-refractivity contribution in [3.05, 3.63) is 65.9 Å². The quantitative estimate of drug-likeness (QED) is 0.385. The van der Waals surface area contributed by atoms with Gasteiger partial charge in [-0.25, -0.2) is 9.97 Å². The average molecular weight is 447 g/mol. The van der Waals surface area contributed by atoms with Crippen LogP contribution in [-0.2, 0) is 17.4 Å². The van der Waals surface area contributed by atoms with Gasteiger partial charge >= 0.3 is 6.18 Å². The molecular formula is C22H20F3N3O2S. The van der Waals surface area contributed by atoms with Crippen LogP contribution in [-0.4, -0.2) is 28.7 Å². The van der Waals surface area contributed by atoms with Crippen molar-refractivity contribution in [1.29, 1.82) is 0 Å². The predicted molar refractivity (Wildman–Crippen MR) is 114 cm³/mol. The molecule has 31 heavy (non-hydrogen) atoms. The first-order chi connectivity index (χ1) is 14.8. The van der Waals surface area contributed by atoms with Gasteiger partial charge in [-0.2, -0.15) is 13.2 Å². The van der Waals surface area contributed by atoms with Crippen LogP contribution in [0.1, 0.15) is 18.2 Å². The van der Waals surface area contributed by atoms with Gasteiger partial charge in [0, 0.05) is 11.3 Å². The van der Waals surface area contributed by atoms with Gasteiger partial charge in [-0.15, -0.1) is 0 Å².